The number of phenols is 1. The van der Waals surface area contributed by atoms with Crippen molar-refractivity contribution in [2.24, 2.45) is 5.10 Å². The van der Waals surface area contributed by atoms with Crippen LogP contribution in [0.25, 0.3) is 11.3 Å². The average molecular weight is 449 g/mol. The highest BCUT2D eigenvalue weighted by Gasteiger charge is 2.10. The number of non-ortho nitro benzene ring substituents is 1. The molecule has 0 aliphatic carbocycles. The summed E-state index contributed by atoms with van der Waals surface area (Å²) in [6.07, 6.45) is 1.54. The molecule has 0 spiro atoms. The van der Waals surface area contributed by atoms with Crippen molar-refractivity contribution in [2.75, 3.05) is 12.5 Å². The highest BCUT2D eigenvalue weighted by atomic mass is 79.9. The lowest BCUT2D eigenvalue weighted by atomic mass is 10.1. The molecule has 3 aromatic rings. The van der Waals surface area contributed by atoms with Crippen LogP contribution in [-0.4, -0.2) is 28.3 Å². The third-order valence-electron chi connectivity index (χ3n) is 3.57. The minimum Gasteiger partial charge on any atom is -0.503 e. The van der Waals surface area contributed by atoms with E-state index in [1.165, 1.54) is 36.8 Å². The van der Waals surface area contributed by atoms with Gasteiger partial charge in [-0.05, 0) is 40.2 Å². The smallest absolute Gasteiger partial charge is 0.269 e. The molecular formula is C17H13BrN4O4S. The first kappa shape index (κ1) is 18.8. The number of ether oxygens (including phenoxy) is 1. The van der Waals surface area contributed by atoms with Crippen molar-refractivity contribution in [3.05, 3.63) is 61.9 Å². The Bertz CT molecular complexity index is 1000. The highest BCUT2D eigenvalue weighted by Crippen LogP contribution is 2.35. The van der Waals surface area contributed by atoms with Crippen LogP contribution >= 0.6 is 27.3 Å². The van der Waals surface area contributed by atoms with Crippen LogP contribution in [0, 0.1) is 10.1 Å². The Kier molecular flexibility index (Phi) is 5.67. The van der Waals surface area contributed by atoms with Gasteiger partial charge in [-0.15, -0.1) is 11.3 Å². The van der Waals surface area contributed by atoms with Gasteiger partial charge in [0.25, 0.3) is 5.69 Å². The van der Waals surface area contributed by atoms with E-state index in [1.54, 1.807) is 24.3 Å². The number of nitrogens with one attached hydrogen (secondary N) is 1. The summed E-state index contributed by atoms with van der Waals surface area (Å²) in [6, 6.07) is 9.56. The number of hydrogen-bond acceptors (Lipinski definition) is 8. The summed E-state index contributed by atoms with van der Waals surface area (Å²) in [5.41, 5.74) is 4.98. The molecule has 10 heteroatoms. The van der Waals surface area contributed by atoms with E-state index in [9.17, 15) is 15.2 Å². The van der Waals surface area contributed by atoms with Gasteiger partial charge in [-0.2, -0.15) is 5.10 Å². The number of phenolic OH excluding ortho intramolecular Hbond substituents is 1. The summed E-state index contributed by atoms with van der Waals surface area (Å²) in [7, 11) is 1.47. The Balaban J connectivity index is 1.70. The zero-order chi connectivity index (χ0) is 19.4. The van der Waals surface area contributed by atoms with Crippen molar-refractivity contribution in [1.82, 2.24) is 4.98 Å². The van der Waals surface area contributed by atoms with Gasteiger partial charge in [0.1, 0.15) is 0 Å². The molecule has 1 aromatic heterocycles. The fraction of sp³-hybridized carbons (Fsp3) is 0.0588. The van der Waals surface area contributed by atoms with E-state index >= 15 is 0 Å². The van der Waals surface area contributed by atoms with Gasteiger partial charge >= 0.3 is 0 Å². The van der Waals surface area contributed by atoms with Crippen LogP contribution in [0.15, 0.2) is 51.4 Å². The molecule has 0 atom stereocenters. The molecule has 0 fully saturated rings. The predicted octanol–water partition coefficient (Wildman–Crippen LogP) is 4.64. The first-order valence-corrected chi connectivity index (χ1v) is 9.21. The molecule has 0 radical (unpaired) electrons. The number of nitrogens with zero attached hydrogens (tertiary/aromatic N) is 3. The standard InChI is InChI=1S/C17H13BrN4O4S/c1-26-14-7-4-11(15(18)16(14)23)8-19-21-17-20-13(9-27-17)10-2-5-12(6-3-10)22(24)25/h2-9,23H,1H3,(H,20,21)/b19-8+. The number of anilines is 1. The molecule has 1 heterocycles. The maximum absolute atomic E-state index is 10.7. The number of aromatic hydroxyl groups is 1. The maximum atomic E-state index is 10.7. The average Bonchev–Trinajstić information content (AvgIpc) is 3.14. The van der Waals surface area contributed by atoms with Gasteiger partial charge in [0.05, 0.1) is 28.4 Å². The topological polar surface area (TPSA) is 110 Å². The van der Waals surface area contributed by atoms with E-state index in [4.69, 9.17) is 4.74 Å². The zero-order valence-corrected chi connectivity index (χ0v) is 16.3. The van der Waals surface area contributed by atoms with Gasteiger partial charge in [0, 0.05) is 28.6 Å². The van der Waals surface area contributed by atoms with Gasteiger partial charge in [0.15, 0.2) is 11.5 Å². The van der Waals surface area contributed by atoms with Crippen molar-refractivity contribution in [3.8, 4) is 22.8 Å². The fourth-order valence-corrected chi connectivity index (χ4v) is 3.29. The summed E-state index contributed by atoms with van der Waals surface area (Å²) in [4.78, 5) is 14.7. The second-order valence-corrected chi connectivity index (χ2v) is 6.88. The van der Waals surface area contributed by atoms with E-state index in [-0.39, 0.29) is 11.4 Å². The molecule has 0 amide bonds. The summed E-state index contributed by atoms with van der Waals surface area (Å²) in [5, 5.41) is 27.2. The first-order valence-electron chi connectivity index (χ1n) is 7.54. The molecule has 0 aliphatic heterocycles. The molecule has 0 saturated carbocycles. The number of rotatable bonds is 6. The Labute approximate surface area is 166 Å². The lowest BCUT2D eigenvalue weighted by Gasteiger charge is -2.06. The number of methoxy groups -OCH3 is 1. The van der Waals surface area contributed by atoms with Crippen molar-refractivity contribution < 1.29 is 14.8 Å². The molecular weight excluding hydrogens is 436 g/mol. The normalized spacial score (nSPS) is 10.9. The van der Waals surface area contributed by atoms with Crippen LogP contribution in [0.4, 0.5) is 10.8 Å². The minimum atomic E-state index is -0.443. The van der Waals surface area contributed by atoms with Crippen molar-refractivity contribution in [1.29, 1.82) is 0 Å². The van der Waals surface area contributed by atoms with Crippen LogP contribution in [0.2, 0.25) is 0 Å². The molecule has 0 aliphatic rings. The second-order valence-electron chi connectivity index (χ2n) is 5.23. The Morgan fingerprint density at radius 2 is 2.07 bits per heavy atom. The SMILES string of the molecule is COc1ccc(/C=N/Nc2nc(-c3ccc([N+](=O)[O-])cc3)cs2)c(Br)c1O. The van der Waals surface area contributed by atoms with Gasteiger partial charge in [-0.25, -0.2) is 4.98 Å². The van der Waals surface area contributed by atoms with E-state index in [2.05, 4.69) is 31.4 Å². The molecule has 138 valence electrons. The van der Waals surface area contributed by atoms with Crippen LogP contribution in [0.1, 0.15) is 5.56 Å². The number of aromatic nitrogens is 1. The molecule has 0 saturated heterocycles. The molecule has 2 N–H and O–H groups in total. The molecule has 3 rings (SSSR count). The second kappa shape index (κ2) is 8.14. The van der Waals surface area contributed by atoms with Gasteiger partial charge in [-0.1, -0.05) is 0 Å². The molecule has 0 bridgehead atoms. The molecule has 2 aromatic carbocycles. The van der Waals surface area contributed by atoms with E-state index in [0.717, 1.165) is 5.56 Å². The van der Waals surface area contributed by atoms with Gasteiger partial charge < -0.3 is 9.84 Å². The Hall–Kier alpha value is -2.98. The first-order chi connectivity index (χ1) is 13.0. The van der Waals surface area contributed by atoms with Crippen molar-refractivity contribution >= 4 is 44.3 Å². The van der Waals surface area contributed by atoms with E-state index < -0.39 is 4.92 Å². The fourth-order valence-electron chi connectivity index (χ4n) is 2.20. The summed E-state index contributed by atoms with van der Waals surface area (Å²) in [5.74, 6) is 0.357. The number of hydrazone groups is 1. The number of thiazole rings is 1. The summed E-state index contributed by atoms with van der Waals surface area (Å²) in [6.45, 7) is 0. The third-order valence-corrected chi connectivity index (χ3v) is 5.15. The van der Waals surface area contributed by atoms with Crippen LogP contribution < -0.4 is 10.2 Å². The zero-order valence-electron chi connectivity index (χ0n) is 13.9. The summed E-state index contributed by atoms with van der Waals surface area (Å²) < 4.78 is 5.50. The van der Waals surface area contributed by atoms with Gasteiger partial charge in [0.2, 0.25) is 5.13 Å². The number of hydrogen-bond donors (Lipinski definition) is 2. The largest absolute Gasteiger partial charge is 0.503 e. The van der Waals surface area contributed by atoms with Gasteiger partial charge in [-0.3, -0.25) is 15.5 Å². The predicted molar refractivity (Wildman–Crippen MR) is 108 cm³/mol. The number of halogens is 1. The third kappa shape index (κ3) is 4.23. The van der Waals surface area contributed by atoms with Crippen molar-refractivity contribution in [3.63, 3.8) is 0 Å². The lowest BCUT2D eigenvalue weighted by Crippen LogP contribution is -1.93. The Morgan fingerprint density at radius 3 is 2.74 bits per heavy atom. The van der Waals surface area contributed by atoms with E-state index in [0.29, 0.717) is 26.6 Å². The molecule has 27 heavy (non-hydrogen) atoms. The van der Waals surface area contributed by atoms with Crippen LogP contribution in [0.5, 0.6) is 11.5 Å². The minimum absolute atomic E-state index is 0.00356. The highest BCUT2D eigenvalue weighted by molar-refractivity contribution is 9.10. The number of benzene rings is 2. The quantitative estimate of drug-likeness (QED) is 0.322. The number of nitro groups is 1. The maximum Gasteiger partial charge on any atom is 0.269 e. The van der Waals surface area contributed by atoms with E-state index in [1.807, 2.05) is 5.38 Å². The lowest BCUT2D eigenvalue weighted by molar-refractivity contribution is -0.384. The van der Waals surface area contributed by atoms with Crippen LogP contribution in [0.3, 0.4) is 0 Å². The monoisotopic (exact) mass is 448 g/mol. The Morgan fingerprint density at radius 1 is 1.33 bits per heavy atom. The van der Waals surface area contributed by atoms with Crippen LogP contribution in [-0.2, 0) is 0 Å². The molecule has 8 nitrogen and oxygen atoms in total. The van der Waals surface area contributed by atoms with Crippen molar-refractivity contribution in [2.45, 2.75) is 0 Å². The molecule has 0 unspecified atom stereocenters. The number of nitro benzene ring substituents is 1. The summed E-state index contributed by atoms with van der Waals surface area (Å²) >= 11 is 4.65.